The maximum atomic E-state index is 12.1. The minimum absolute atomic E-state index is 0.554. The lowest BCUT2D eigenvalue weighted by molar-refractivity contribution is 0.0419. The van der Waals surface area contributed by atoms with Crippen LogP contribution in [0.15, 0.2) is 60.7 Å². The van der Waals surface area contributed by atoms with Gasteiger partial charge in [0, 0.05) is 0 Å². The molecule has 1 amide bonds. The molecule has 122 valence electrons. The molecule has 2 atom stereocenters. The molecule has 0 aliphatic carbocycles. The Bertz CT molecular complexity index is 620. The number of hydrogen-bond donors (Lipinski definition) is 2. The van der Waals surface area contributed by atoms with E-state index >= 15 is 0 Å². The molecule has 2 N–H and O–H groups in total. The first kappa shape index (κ1) is 17.0. The SMILES string of the molecule is CC(C)(C)OC(=O)N[C@H](c1ccccc1)[C@H](O)c1ccccc1. The summed E-state index contributed by atoms with van der Waals surface area (Å²) in [6.07, 6.45) is -1.42. The maximum Gasteiger partial charge on any atom is 0.408 e. The van der Waals surface area contributed by atoms with Crippen LogP contribution in [0.3, 0.4) is 0 Å². The van der Waals surface area contributed by atoms with Gasteiger partial charge in [-0.15, -0.1) is 0 Å². The van der Waals surface area contributed by atoms with Crippen LogP contribution in [0.2, 0.25) is 0 Å². The molecule has 0 bridgehead atoms. The van der Waals surface area contributed by atoms with Gasteiger partial charge >= 0.3 is 6.09 Å². The third kappa shape index (κ3) is 5.11. The molecule has 23 heavy (non-hydrogen) atoms. The second-order valence-corrected chi connectivity index (χ2v) is 6.39. The van der Waals surface area contributed by atoms with E-state index in [0.29, 0.717) is 0 Å². The molecule has 4 heteroatoms. The Kier molecular flexibility index (Phi) is 5.40. The Morgan fingerprint density at radius 1 is 0.957 bits per heavy atom. The third-order valence-electron chi connectivity index (χ3n) is 3.29. The van der Waals surface area contributed by atoms with Crippen molar-refractivity contribution in [2.75, 3.05) is 0 Å². The second kappa shape index (κ2) is 7.29. The summed E-state index contributed by atoms with van der Waals surface area (Å²) in [5, 5.41) is 13.5. The summed E-state index contributed by atoms with van der Waals surface area (Å²) >= 11 is 0. The van der Waals surface area contributed by atoms with Gasteiger partial charge in [0.15, 0.2) is 0 Å². The molecule has 0 aliphatic rings. The molecule has 2 rings (SSSR count). The monoisotopic (exact) mass is 313 g/mol. The average Bonchev–Trinajstić information content (AvgIpc) is 2.52. The van der Waals surface area contributed by atoms with Gasteiger partial charge in [-0.25, -0.2) is 4.79 Å². The fourth-order valence-electron chi connectivity index (χ4n) is 2.28. The summed E-state index contributed by atoms with van der Waals surface area (Å²) in [5.74, 6) is 0. The first-order valence-electron chi connectivity index (χ1n) is 7.64. The summed E-state index contributed by atoms with van der Waals surface area (Å²) in [5.41, 5.74) is 0.954. The number of hydrogen-bond acceptors (Lipinski definition) is 3. The van der Waals surface area contributed by atoms with Gasteiger partial charge in [-0.2, -0.15) is 0 Å². The van der Waals surface area contributed by atoms with Crippen LogP contribution in [0.25, 0.3) is 0 Å². The number of aliphatic hydroxyl groups is 1. The Hall–Kier alpha value is -2.33. The quantitative estimate of drug-likeness (QED) is 0.897. The van der Waals surface area contributed by atoms with Crippen LogP contribution in [0.5, 0.6) is 0 Å². The van der Waals surface area contributed by atoms with Crippen molar-refractivity contribution in [2.45, 2.75) is 38.5 Å². The molecule has 0 radical (unpaired) electrons. The summed E-state index contributed by atoms with van der Waals surface area (Å²) in [4.78, 5) is 12.1. The van der Waals surface area contributed by atoms with Crippen LogP contribution in [0, 0.1) is 0 Å². The predicted octanol–water partition coefficient (Wildman–Crippen LogP) is 3.99. The van der Waals surface area contributed by atoms with E-state index in [1.807, 2.05) is 60.7 Å². The van der Waals surface area contributed by atoms with Gasteiger partial charge in [0.1, 0.15) is 11.7 Å². The lowest BCUT2D eigenvalue weighted by Gasteiger charge is -2.27. The number of rotatable bonds is 4. The highest BCUT2D eigenvalue weighted by Gasteiger charge is 2.26. The first-order valence-corrected chi connectivity index (χ1v) is 7.64. The third-order valence-corrected chi connectivity index (χ3v) is 3.29. The van der Waals surface area contributed by atoms with E-state index < -0.39 is 23.8 Å². The summed E-state index contributed by atoms with van der Waals surface area (Å²) in [6.45, 7) is 5.41. The molecule has 2 aromatic carbocycles. The number of aliphatic hydroxyl groups excluding tert-OH is 1. The van der Waals surface area contributed by atoms with Gasteiger partial charge in [-0.05, 0) is 31.9 Å². The second-order valence-electron chi connectivity index (χ2n) is 6.39. The van der Waals surface area contributed by atoms with Crippen LogP contribution in [0.4, 0.5) is 4.79 Å². The van der Waals surface area contributed by atoms with Crippen molar-refractivity contribution in [3.05, 3.63) is 71.8 Å². The highest BCUT2D eigenvalue weighted by atomic mass is 16.6. The average molecular weight is 313 g/mol. The van der Waals surface area contributed by atoms with Crippen molar-refractivity contribution < 1.29 is 14.6 Å². The Morgan fingerprint density at radius 2 is 1.43 bits per heavy atom. The van der Waals surface area contributed by atoms with Crippen molar-refractivity contribution in [3.8, 4) is 0 Å². The standard InChI is InChI=1S/C19H23NO3/c1-19(2,3)23-18(22)20-16(14-10-6-4-7-11-14)17(21)15-12-8-5-9-13-15/h4-13,16-17,21H,1-3H3,(H,20,22)/t16-,17-/m1/s1. The molecule has 0 heterocycles. The Balaban J connectivity index is 2.24. The highest BCUT2D eigenvalue weighted by molar-refractivity contribution is 5.68. The van der Waals surface area contributed by atoms with Gasteiger partial charge in [-0.3, -0.25) is 0 Å². The summed E-state index contributed by atoms with van der Waals surface area (Å²) < 4.78 is 5.31. The zero-order valence-electron chi connectivity index (χ0n) is 13.7. The molecule has 2 aromatic rings. The zero-order chi connectivity index (χ0) is 16.9. The molecule has 0 aromatic heterocycles. The maximum absolute atomic E-state index is 12.1. The molecule has 0 unspecified atom stereocenters. The molecular formula is C19H23NO3. The van der Waals surface area contributed by atoms with E-state index in [-0.39, 0.29) is 0 Å². The molecule has 0 saturated heterocycles. The molecular weight excluding hydrogens is 290 g/mol. The van der Waals surface area contributed by atoms with Crippen LogP contribution in [-0.2, 0) is 4.74 Å². The van der Waals surface area contributed by atoms with Crippen molar-refractivity contribution in [1.82, 2.24) is 5.32 Å². The number of ether oxygens (including phenoxy) is 1. The van der Waals surface area contributed by atoms with E-state index in [1.54, 1.807) is 20.8 Å². The van der Waals surface area contributed by atoms with E-state index in [9.17, 15) is 9.90 Å². The Morgan fingerprint density at radius 3 is 1.91 bits per heavy atom. The van der Waals surface area contributed by atoms with Gasteiger partial charge < -0.3 is 15.2 Å². The van der Waals surface area contributed by atoms with E-state index in [2.05, 4.69) is 5.32 Å². The predicted molar refractivity (Wildman–Crippen MR) is 90.0 cm³/mol. The summed E-state index contributed by atoms with van der Waals surface area (Å²) in [7, 11) is 0. The topological polar surface area (TPSA) is 58.6 Å². The van der Waals surface area contributed by atoms with Crippen molar-refractivity contribution >= 4 is 6.09 Å². The van der Waals surface area contributed by atoms with Crippen LogP contribution in [-0.4, -0.2) is 16.8 Å². The van der Waals surface area contributed by atoms with E-state index in [1.165, 1.54) is 0 Å². The number of nitrogens with one attached hydrogen (secondary N) is 1. The molecule has 0 spiro atoms. The van der Waals surface area contributed by atoms with Gasteiger partial charge in [0.25, 0.3) is 0 Å². The fourth-order valence-corrected chi connectivity index (χ4v) is 2.28. The van der Waals surface area contributed by atoms with Crippen LogP contribution < -0.4 is 5.32 Å². The van der Waals surface area contributed by atoms with Crippen molar-refractivity contribution in [1.29, 1.82) is 0 Å². The number of carbonyl (C=O) groups is 1. The van der Waals surface area contributed by atoms with Crippen LogP contribution >= 0.6 is 0 Å². The zero-order valence-corrected chi connectivity index (χ0v) is 13.7. The Labute approximate surface area is 137 Å². The van der Waals surface area contributed by atoms with E-state index in [0.717, 1.165) is 11.1 Å². The largest absolute Gasteiger partial charge is 0.444 e. The number of carbonyl (C=O) groups excluding carboxylic acids is 1. The molecule has 4 nitrogen and oxygen atoms in total. The lowest BCUT2D eigenvalue weighted by Crippen LogP contribution is -2.37. The fraction of sp³-hybridized carbons (Fsp3) is 0.316. The molecule has 0 aliphatic heterocycles. The molecule has 0 fully saturated rings. The first-order chi connectivity index (χ1) is 10.9. The highest BCUT2D eigenvalue weighted by Crippen LogP contribution is 2.29. The number of benzene rings is 2. The number of alkyl carbamates (subject to hydrolysis) is 1. The van der Waals surface area contributed by atoms with E-state index in [4.69, 9.17) is 4.74 Å². The smallest absolute Gasteiger partial charge is 0.408 e. The minimum atomic E-state index is -0.869. The normalized spacial score (nSPS) is 13.9. The van der Waals surface area contributed by atoms with Crippen molar-refractivity contribution in [2.24, 2.45) is 0 Å². The lowest BCUT2D eigenvalue weighted by atomic mass is 9.96. The molecule has 0 saturated carbocycles. The van der Waals surface area contributed by atoms with Gasteiger partial charge in [0.2, 0.25) is 0 Å². The van der Waals surface area contributed by atoms with Gasteiger partial charge in [0.05, 0.1) is 6.04 Å². The van der Waals surface area contributed by atoms with Gasteiger partial charge in [-0.1, -0.05) is 60.7 Å². The number of amides is 1. The van der Waals surface area contributed by atoms with Crippen molar-refractivity contribution in [3.63, 3.8) is 0 Å². The summed E-state index contributed by atoms with van der Waals surface area (Å²) in [6, 6.07) is 18.0. The van der Waals surface area contributed by atoms with Crippen LogP contribution in [0.1, 0.15) is 44.0 Å². The minimum Gasteiger partial charge on any atom is -0.444 e.